The van der Waals surface area contributed by atoms with E-state index in [1.807, 2.05) is 6.92 Å². The maximum absolute atomic E-state index is 9.72. The van der Waals surface area contributed by atoms with Crippen molar-refractivity contribution in [3.63, 3.8) is 0 Å². The Balaban J connectivity index is 2.09. The van der Waals surface area contributed by atoms with Gasteiger partial charge in [0, 0.05) is 24.2 Å². The lowest BCUT2D eigenvalue weighted by Gasteiger charge is -2.12. The van der Waals surface area contributed by atoms with E-state index >= 15 is 0 Å². The molecule has 1 atom stereocenters. The zero-order chi connectivity index (χ0) is 11.5. The van der Waals surface area contributed by atoms with Crippen LogP contribution in [0.15, 0.2) is 12.1 Å². The van der Waals surface area contributed by atoms with Crippen LogP contribution in [0.25, 0.3) is 0 Å². The molecular formula is C11H15NO4. The lowest BCUT2D eigenvalue weighted by atomic mass is 10.1. The van der Waals surface area contributed by atoms with E-state index in [0.717, 1.165) is 5.56 Å². The smallest absolute Gasteiger partial charge is 0.231 e. The number of hydrogen-bond donors (Lipinski definition) is 3. The first-order valence-corrected chi connectivity index (χ1v) is 5.16. The molecule has 0 bridgehead atoms. The molecule has 1 unspecified atom stereocenters. The number of nitrogens with one attached hydrogen (secondary N) is 1. The van der Waals surface area contributed by atoms with Gasteiger partial charge in [0.15, 0.2) is 11.5 Å². The highest BCUT2D eigenvalue weighted by atomic mass is 16.7. The predicted octanol–water partition coefficient (Wildman–Crippen LogP) is 0.591. The zero-order valence-corrected chi connectivity index (χ0v) is 9.06. The van der Waals surface area contributed by atoms with Crippen molar-refractivity contribution < 1.29 is 19.7 Å². The second-order valence-electron chi connectivity index (χ2n) is 3.80. The van der Waals surface area contributed by atoms with E-state index < -0.39 is 0 Å². The van der Waals surface area contributed by atoms with Gasteiger partial charge in [0.25, 0.3) is 0 Å². The number of phenols is 1. The Morgan fingerprint density at radius 3 is 2.75 bits per heavy atom. The number of fused-ring (bicyclic) bond motifs is 1. The van der Waals surface area contributed by atoms with Gasteiger partial charge in [-0.2, -0.15) is 0 Å². The SMILES string of the molecule is CC(CO)NCc1cc2c(cc1O)OCO2. The summed E-state index contributed by atoms with van der Waals surface area (Å²) in [5.74, 6) is 1.38. The van der Waals surface area contributed by atoms with E-state index in [1.54, 1.807) is 12.1 Å². The average molecular weight is 225 g/mol. The second kappa shape index (κ2) is 4.59. The van der Waals surface area contributed by atoms with Crippen LogP contribution < -0.4 is 14.8 Å². The van der Waals surface area contributed by atoms with Gasteiger partial charge in [-0.15, -0.1) is 0 Å². The number of hydrogen-bond acceptors (Lipinski definition) is 5. The van der Waals surface area contributed by atoms with Crippen molar-refractivity contribution in [1.29, 1.82) is 0 Å². The molecule has 2 rings (SSSR count). The van der Waals surface area contributed by atoms with Crippen molar-refractivity contribution in [2.24, 2.45) is 0 Å². The summed E-state index contributed by atoms with van der Waals surface area (Å²) < 4.78 is 10.4. The first-order valence-electron chi connectivity index (χ1n) is 5.16. The van der Waals surface area contributed by atoms with Crippen molar-refractivity contribution in [2.45, 2.75) is 19.5 Å². The number of ether oxygens (including phenoxy) is 2. The van der Waals surface area contributed by atoms with Crippen molar-refractivity contribution >= 4 is 0 Å². The molecule has 0 saturated heterocycles. The van der Waals surface area contributed by atoms with Crippen molar-refractivity contribution in [1.82, 2.24) is 5.32 Å². The van der Waals surface area contributed by atoms with E-state index in [-0.39, 0.29) is 25.2 Å². The minimum atomic E-state index is -0.00942. The highest BCUT2D eigenvalue weighted by molar-refractivity contribution is 5.51. The Morgan fingerprint density at radius 2 is 2.06 bits per heavy atom. The molecular weight excluding hydrogens is 210 g/mol. The van der Waals surface area contributed by atoms with Gasteiger partial charge in [-0.05, 0) is 13.0 Å². The maximum atomic E-state index is 9.72. The van der Waals surface area contributed by atoms with Gasteiger partial charge in [-0.3, -0.25) is 0 Å². The Bertz CT molecular complexity index is 380. The quantitative estimate of drug-likeness (QED) is 0.699. The standard InChI is InChI=1S/C11H15NO4/c1-7(5-13)12-4-8-2-10-11(3-9(8)14)16-6-15-10/h2-3,7,12-14H,4-6H2,1H3. The predicted molar refractivity (Wildman–Crippen MR) is 57.6 cm³/mol. The number of aliphatic hydroxyl groups excluding tert-OH is 1. The highest BCUT2D eigenvalue weighted by Crippen LogP contribution is 2.37. The summed E-state index contributed by atoms with van der Waals surface area (Å²) in [4.78, 5) is 0. The van der Waals surface area contributed by atoms with E-state index in [9.17, 15) is 5.11 Å². The first-order chi connectivity index (χ1) is 7.70. The molecule has 3 N–H and O–H groups in total. The third-order valence-electron chi connectivity index (χ3n) is 2.49. The van der Waals surface area contributed by atoms with E-state index in [1.165, 1.54) is 0 Å². The van der Waals surface area contributed by atoms with Crippen molar-refractivity contribution in [2.75, 3.05) is 13.4 Å². The van der Waals surface area contributed by atoms with Gasteiger partial charge < -0.3 is 25.0 Å². The van der Waals surface area contributed by atoms with Crippen molar-refractivity contribution in [3.05, 3.63) is 17.7 Å². The third-order valence-corrected chi connectivity index (χ3v) is 2.49. The van der Waals surface area contributed by atoms with Crippen molar-refractivity contribution in [3.8, 4) is 17.2 Å². The topological polar surface area (TPSA) is 71.0 Å². The van der Waals surface area contributed by atoms with Gasteiger partial charge in [-0.25, -0.2) is 0 Å². The van der Waals surface area contributed by atoms with Gasteiger partial charge in [-0.1, -0.05) is 0 Å². The largest absolute Gasteiger partial charge is 0.507 e. The molecule has 5 nitrogen and oxygen atoms in total. The molecule has 0 aromatic heterocycles. The fourth-order valence-corrected chi connectivity index (χ4v) is 1.46. The summed E-state index contributed by atoms with van der Waals surface area (Å²) in [6, 6.07) is 3.28. The normalized spacial score (nSPS) is 15.1. The first kappa shape index (κ1) is 11.0. The monoisotopic (exact) mass is 225 g/mol. The lowest BCUT2D eigenvalue weighted by molar-refractivity contribution is 0.174. The molecule has 1 aliphatic rings. The van der Waals surface area contributed by atoms with Gasteiger partial charge in [0.1, 0.15) is 5.75 Å². The zero-order valence-electron chi connectivity index (χ0n) is 9.06. The Kier molecular flexibility index (Phi) is 3.17. The summed E-state index contributed by atoms with van der Waals surface area (Å²) in [7, 11) is 0. The molecule has 0 aliphatic carbocycles. The van der Waals surface area contributed by atoms with Crippen LogP contribution in [0.1, 0.15) is 12.5 Å². The minimum absolute atomic E-state index is 0.00942. The molecule has 0 amide bonds. The Morgan fingerprint density at radius 1 is 1.38 bits per heavy atom. The lowest BCUT2D eigenvalue weighted by Crippen LogP contribution is -2.28. The Hall–Kier alpha value is -1.46. The molecule has 5 heteroatoms. The molecule has 1 aromatic rings. The Labute approximate surface area is 93.6 Å². The average Bonchev–Trinajstić information content (AvgIpc) is 2.72. The molecule has 0 spiro atoms. The minimum Gasteiger partial charge on any atom is -0.507 e. The van der Waals surface area contributed by atoms with Gasteiger partial charge in [0.05, 0.1) is 6.61 Å². The van der Waals surface area contributed by atoms with E-state index in [2.05, 4.69) is 5.32 Å². The third kappa shape index (κ3) is 2.20. The summed E-state index contributed by atoms with van der Waals surface area (Å²) in [5.41, 5.74) is 0.726. The van der Waals surface area contributed by atoms with Gasteiger partial charge in [0.2, 0.25) is 6.79 Å². The van der Waals surface area contributed by atoms with Gasteiger partial charge >= 0.3 is 0 Å². The van der Waals surface area contributed by atoms with Crippen LogP contribution in [0.3, 0.4) is 0 Å². The molecule has 16 heavy (non-hydrogen) atoms. The number of benzene rings is 1. The fraction of sp³-hybridized carbons (Fsp3) is 0.455. The molecule has 88 valence electrons. The van der Waals surface area contributed by atoms with E-state index in [4.69, 9.17) is 14.6 Å². The van der Waals surface area contributed by atoms with Crippen LogP contribution in [0, 0.1) is 0 Å². The summed E-state index contributed by atoms with van der Waals surface area (Å²) in [6.07, 6.45) is 0. The molecule has 1 aliphatic heterocycles. The van der Waals surface area contributed by atoms with Crippen LogP contribution in [-0.4, -0.2) is 29.7 Å². The van der Waals surface area contributed by atoms with Crippen LogP contribution in [0.5, 0.6) is 17.2 Å². The number of phenolic OH excluding ortho intramolecular Hbond substituents is 1. The number of rotatable bonds is 4. The summed E-state index contributed by atoms with van der Waals surface area (Å²) in [5, 5.41) is 21.7. The molecule has 1 aromatic carbocycles. The van der Waals surface area contributed by atoms with Crippen LogP contribution >= 0.6 is 0 Å². The van der Waals surface area contributed by atoms with E-state index in [0.29, 0.717) is 18.0 Å². The summed E-state index contributed by atoms with van der Waals surface area (Å²) >= 11 is 0. The molecule has 0 saturated carbocycles. The molecule has 0 radical (unpaired) electrons. The summed E-state index contributed by atoms with van der Waals surface area (Å²) in [6.45, 7) is 2.60. The fourth-order valence-electron chi connectivity index (χ4n) is 1.46. The number of aliphatic hydroxyl groups is 1. The second-order valence-corrected chi connectivity index (χ2v) is 3.80. The molecule has 0 fully saturated rings. The number of aromatic hydroxyl groups is 1. The molecule has 1 heterocycles. The van der Waals surface area contributed by atoms with Crippen LogP contribution in [0.4, 0.5) is 0 Å². The van der Waals surface area contributed by atoms with Crippen LogP contribution in [-0.2, 0) is 6.54 Å². The maximum Gasteiger partial charge on any atom is 0.231 e. The van der Waals surface area contributed by atoms with Crippen LogP contribution in [0.2, 0.25) is 0 Å². The highest BCUT2D eigenvalue weighted by Gasteiger charge is 2.16.